The maximum atomic E-state index is 12.4. The third kappa shape index (κ3) is 2.38. The van der Waals surface area contributed by atoms with Crippen LogP contribution in [0.3, 0.4) is 0 Å². The van der Waals surface area contributed by atoms with Crippen LogP contribution in [-0.4, -0.2) is 35.0 Å². The molecule has 3 rings (SSSR count). The van der Waals surface area contributed by atoms with Crippen LogP contribution in [0.5, 0.6) is 0 Å². The SMILES string of the molecule is O=C(O)CN(CC1CC1)C(=O)C1C2CCCCC21. The molecule has 1 amide bonds. The molecule has 0 aromatic carbocycles. The second-order valence-electron chi connectivity index (χ2n) is 6.19. The van der Waals surface area contributed by atoms with E-state index in [0.717, 1.165) is 12.8 Å². The van der Waals surface area contributed by atoms with Crippen molar-refractivity contribution in [2.24, 2.45) is 23.7 Å². The highest BCUT2D eigenvalue weighted by atomic mass is 16.4. The quantitative estimate of drug-likeness (QED) is 0.809. The molecule has 0 saturated heterocycles. The Labute approximate surface area is 107 Å². The fraction of sp³-hybridized carbons (Fsp3) is 0.857. The van der Waals surface area contributed by atoms with Crippen LogP contribution >= 0.6 is 0 Å². The molecule has 0 aromatic rings. The average Bonchev–Trinajstić information content (AvgIpc) is 3.21. The molecule has 3 fully saturated rings. The summed E-state index contributed by atoms with van der Waals surface area (Å²) in [5.41, 5.74) is 0. The highest BCUT2D eigenvalue weighted by Crippen LogP contribution is 2.56. The van der Waals surface area contributed by atoms with Crippen LogP contribution in [0.4, 0.5) is 0 Å². The van der Waals surface area contributed by atoms with Gasteiger partial charge in [0.15, 0.2) is 0 Å². The van der Waals surface area contributed by atoms with E-state index < -0.39 is 5.97 Å². The zero-order valence-corrected chi connectivity index (χ0v) is 10.7. The highest BCUT2D eigenvalue weighted by Gasteiger charge is 2.56. The Bertz CT molecular complexity index is 352. The zero-order valence-electron chi connectivity index (χ0n) is 10.7. The van der Waals surface area contributed by atoms with Crippen LogP contribution < -0.4 is 0 Å². The first-order valence-electron chi connectivity index (χ1n) is 7.17. The standard InChI is InChI=1S/C14H21NO3/c16-12(17)8-15(7-9-5-6-9)14(18)13-10-3-1-2-4-11(10)13/h9-11,13H,1-8H2,(H,16,17). The number of fused-ring (bicyclic) bond motifs is 1. The number of hydrogen-bond acceptors (Lipinski definition) is 2. The molecule has 2 unspecified atom stereocenters. The average molecular weight is 251 g/mol. The predicted octanol–water partition coefficient (Wildman–Crippen LogP) is 1.75. The van der Waals surface area contributed by atoms with Crippen LogP contribution in [0.15, 0.2) is 0 Å². The second kappa shape index (κ2) is 4.56. The molecule has 3 aliphatic carbocycles. The Morgan fingerprint density at radius 3 is 2.17 bits per heavy atom. The van der Waals surface area contributed by atoms with Gasteiger partial charge in [-0.15, -0.1) is 0 Å². The third-order valence-corrected chi connectivity index (χ3v) is 4.75. The Morgan fingerprint density at radius 2 is 1.67 bits per heavy atom. The van der Waals surface area contributed by atoms with Gasteiger partial charge in [-0.05, 0) is 43.4 Å². The lowest BCUT2D eigenvalue weighted by atomic mass is 10.0. The first-order chi connectivity index (χ1) is 8.66. The minimum Gasteiger partial charge on any atom is -0.480 e. The topological polar surface area (TPSA) is 57.6 Å². The number of nitrogens with zero attached hydrogens (tertiary/aromatic N) is 1. The molecular weight excluding hydrogens is 230 g/mol. The van der Waals surface area contributed by atoms with Crippen LogP contribution in [0, 0.1) is 23.7 Å². The van der Waals surface area contributed by atoms with E-state index in [0.29, 0.717) is 24.3 Å². The molecule has 0 bridgehead atoms. The van der Waals surface area contributed by atoms with Gasteiger partial charge in [-0.2, -0.15) is 0 Å². The van der Waals surface area contributed by atoms with E-state index in [1.165, 1.54) is 25.7 Å². The van der Waals surface area contributed by atoms with Crippen LogP contribution in [0.2, 0.25) is 0 Å². The summed E-state index contributed by atoms with van der Waals surface area (Å²) in [6.45, 7) is 0.562. The predicted molar refractivity (Wildman–Crippen MR) is 65.9 cm³/mol. The van der Waals surface area contributed by atoms with Crippen molar-refractivity contribution in [3.8, 4) is 0 Å². The first kappa shape index (κ1) is 12.0. The normalized spacial score (nSPS) is 33.7. The molecule has 18 heavy (non-hydrogen) atoms. The number of carbonyl (C=O) groups excluding carboxylic acids is 1. The van der Waals surface area contributed by atoms with E-state index in [-0.39, 0.29) is 18.4 Å². The molecule has 0 aromatic heterocycles. The Morgan fingerprint density at radius 1 is 1.06 bits per heavy atom. The number of rotatable bonds is 5. The number of carboxylic acids is 1. The lowest BCUT2D eigenvalue weighted by Crippen LogP contribution is -2.38. The van der Waals surface area contributed by atoms with Crippen LogP contribution in [0.1, 0.15) is 38.5 Å². The molecule has 2 atom stereocenters. The number of amides is 1. The third-order valence-electron chi connectivity index (χ3n) is 4.75. The van der Waals surface area contributed by atoms with Gasteiger partial charge in [-0.25, -0.2) is 0 Å². The van der Waals surface area contributed by atoms with Gasteiger partial charge in [0.25, 0.3) is 0 Å². The largest absolute Gasteiger partial charge is 0.480 e. The molecule has 0 aliphatic heterocycles. The van der Waals surface area contributed by atoms with Crippen molar-refractivity contribution in [1.29, 1.82) is 0 Å². The van der Waals surface area contributed by atoms with E-state index in [4.69, 9.17) is 5.11 Å². The van der Waals surface area contributed by atoms with Gasteiger partial charge >= 0.3 is 5.97 Å². The summed E-state index contributed by atoms with van der Waals surface area (Å²) < 4.78 is 0. The molecule has 0 radical (unpaired) electrons. The van der Waals surface area contributed by atoms with E-state index >= 15 is 0 Å². The van der Waals surface area contributed by atoms with Gasteiger partial charge in [0.2, 0.25) is 5.91 Å². The van der Waals surface area contributed by atoms with Crippen molar-refractivity contribution in [2.45, 2.75) is 38.5 Å². The molecular formula is C14H21NO3. The molecule has 100 valence electrons. The number of carbonyl (C=O) groups is 2. The minimum atomic E-state index is -0.882. The Hall–Kier alpha value is -1.06. The van der Waals surface area contributed by atoms with E-state index in [2.05, 4.69) is 0 Å². The molecule has 4 nitrogen and oxygen atoms in total. The molecule has 3 aliphatic rings. The molecule has 0 heterocycles. The van der Waals surface area contributed by atoms with Crippen LogP contribution in [0.25, 0.3) is 0 Å². The van der Waals surface area contributed by atoms with Crippen molar-refractivity contribution in [3.63, 3.8) is 0 Å². The van der Waals surface area contributed by atoms with E-state index in [9.17, 15) is 9.59 Å². The fourth-order valence-corrected chi connectivity index (χ4v) is 3.58. The van der Waals surface area contributed by atoms with Gasteiger partial charge in [0, 0.05) is 12.5 Å². The molecule has 4 heteroatoms. The van der Waals surface area contributed by atoms with Gasteiger partial charge in [0.1, 0.15) is 6.54 Å². The number of aliphatic carboxylic acids is 1. The number of carboxylic acid groups (broad SMARTS) is 1. The summed E-state index contributed by atoms with van der Waals surface area (Å²) in [6, 6.07) is 0. The summed E-state index contributed by atoms with van der Waals surface area (Å²) in [6.07, 6.45) is 7.14. The summed E-state index contributed by atoms with van der Waals surface area (Å²) in [5, 5.41) is 8.93. The summed E-state index contributed by atoms with van der Waals surface area (Å²) in [5.74, 6) is 1.11. The lowest BCUT2D eigenvalue weighted by molar-refractivity contribution is -0.145. The van der Waals surface area contributed by atoms with Crippen LogP contribution in [-0.2, 0) is 9.59 Å². The van der Waals surface area contributed by atoms with Gasteiger partial charge in [-0.1, -0.05) is 12.8 Å². The minimum absolute atomic E-state index is 0.106. The lowest BCUT2D eigenvalue weighted by Gasteiger charge is -2.20. The number of hydrogen-bond donors (Lipinski definition) is 1. The van der Waals surface area contributed by atoms with Gasteiger partial charge in [0.05, 0.1) is 0 Å². The van der Waals surface area contributed by atoms with Crippen molar-refractivity contribution in [3.05, 3.63) is 0 Å². The monoisotopic (exact) mass is 251 g/mol. The first-order valence-corrected chi connectivity index (χ1v) is 7.17. The van der Waals surface area contributed by atoms with Crippen molar-refractivity contribution in [2.75, 3.05) is 13.1 Å². The summed E-state index contributed by atoms with van der Waals surface area (Å²) in [4.78, 5) is 24.9. The Balaban J connectivity index is 1.62. The highest BCUT2D eigenvalue weighted by molar-refractivity contribution is 5.85. The maximum Gasteiger partial charge on any atom is 0.323 e. The maximum absolute atomic E-state index is 12.4. The van der Waals surface area contributed by atoms with Crippen molar-refractivity contribution < 1.29 is 14.7 Å². The van der Waals surface area contributed by atoms with Gasteiger partial charge < -0.3 is 10.0 Å². The summed E-state index contributed by atoms with van der Waals surface area (Å²) >= 11 is 0. The smallest absolute Gasteiger partial charge is 0.323 e. The van der Waals surface area contributed by atoms with Gasteiger partial charge in [-0.3, -0.25) is 9.59 Å². The fourth-order valence-electron chi connectivity index (χ4n) is 3.58. The zero-order chi connectivity index (χ0) is 12.7. The van der Waals surface area contributed by atoms with E-state index in [1.54, 1.807) is 4.90 Å². The van der Waals surface area contributed by atoms with Crippen molar-refractivity contribution in [1.82, 2.24) is 4.90 Å². The van der Waals surface area contributed by atoms with E-state index in [1.807, 2.05) is 0 Å². The molecule has 3 saturated carbocycles. The molecule has 0 spiro atoms. The van der Waals surface area contributed by atoms with Crippen molar-refractivity contribution >= 4 is 11.9 Å². The Kier molecular flexibility index (Phi) is 3.04. The second-order valence-corrected chi connectivity index (χ2v) is 6.19. The summed E-state index contributed by atoms with van der Waals surface area (Å²) in [7, 11) is 0. The molecule has 1 N–H and O–H groups in total.